The SMILES string of the molecule is CC(=O)N1CCN(C(=O)c2ccc(I)cc2F)CC1. The third-order valence-corrected chi connectivity index (χ3v) is 3.84. The van der Waals surface area contributed by atoms with Gasteiger partial charge in [-0.3, -0.25) is 9.59 Å². The van der Waals surface area contributed by atoms with E-state index < -0.39 is 5.82 Å². The molecule has 2 rings (SSSR count). The molecular weight excluding hydrogens is 362 g/mol. The first-order valence-electron chi connectivity index (χ1n) is 5.99. The minimum absolute atomic E-state index is 0.00699. The molecule has 0 radical (unpaired) electrons. The summed E-state index contributed by atoms with van der Waals surface area (Å²) in [4.78, 5) is 26.7. The van der Waals surface area contributed by atoms with Crippen molar-refractivity contribution in [2.24, 2.45) is 0 Å². The Morgan fingerprint density at radius 3 is 2.26 bits per heavy atom. The lowest BCUT2D eigenvalue weighted by Gasteiger charge is -2.34. The summed E-state index contributed by atoms with van der Waals surface area (Å²) in [6.45, 7) is 3.42. The summed E-state index contributed by atoms with van der Waals surface area (Å²) in [6.07, 6.45) is 0. The molecule has 1 saturated heterocycles. The predicted octanol–water partition coefficient (Wildman–Crippen LogP) is 1.73. The highest BCUT2D eigenvalue weighted by Crippen LogP contribution is 2.15. The average Bonchev–Trinajstić information content (AvgIpc) is 2.38. The second-order valence-corrected chi connectivity index (χ2v) is 5.67. The van der Waals surface area contributed by atoms with Gasteiger partial charge in [-0.05, 0) is 40.8 Å². The van der Waals surface area contributed by atoms with E-state index in [1.807, 2.05) is 22.6 Å². The average molecular weight is 376 g/mol. The quantitative estimate of drug-likeness (QED) is 0.701. The molecule has 19 heavy (non-hydrogen) atoms. The van der Waals surface area contributed by atoms with Gasteiger partial charge >= 0.3 is 0 Å². The number of benzene rings is 1. The van der Waals surface area contributed by atoms with Crippen LogP contribution in [0, 0.1) is 9.39 Å². The van der Waals surface area contributed by atoms with E-state index in [1.54, 1.807) is 15.9 Å². The smallest absolute Gasteiger partial charge is 0.256 e. The van der Waals surface area contributed by atoms with Crippen LogP contribution in [-0.4, -0.2) is 47.8 Å². The molecule has 1 aliphatic heterocycles. The number of carbonyl (C=O) groups is 2. The molecule has 0 saturated carbocycles. The number of hydrogen-bond donors (Lipinski definition) is 0. The number of rotatable bonds is 1. The summed E-state index contributed by atoms with van der Waals surface area (Å²) in [5.74, 6) is -0.796. The summed E-state index contributed by atoms with van der Waals surface area (Å²) in [5, 5.41) is 0. The number of hydrogen-bond acceptors (Lipinski definition) is 2. The molecule has 1 aromatic rings. The van der Waals surface area contributed by atoms with Crippen LogP contribution in [0.15, 0.2) is 18.2 Å². The van der Waals surface area contributed by atoms with Gasteiger partial charge in [-0.15, -0.1) is 0 Å². The lowest BCUT2D eigenvalue weighted by atomic mass is 10.1. The number of halogens is 2. The van der Waals surface area contributed by atoms with E-state index in [1.165, 1.54) is 19.1 Å². The van der Waals surface area contributed by atoms with Crippen molar-refractivity contribution in [1.82, 2.24) is 9.80 Å². The summed E-state index contributed by atoms with van der Waals surface area (Å²) in [5.41, 5.74) is 0.0942. The Hall–Kier alpha value is -1.18. The lowest BCUT2D eigenvalue weighted by Crippen LogP contribution is -2.50. The molecule has 0 atom stereocenters. The van der Waals surface area contributed by atoms with Gasteiger partial charge in [0.15, 0.2) is 0 Å². The molecule has 1 fully saturated rings. The van der Waals surface area contributed by atoms with Gasteiger partial charge in [-0.25, -0.2) is 4.39 Å². The molecule has 0 aromatic heterocycles. The van der Waals surface area contributed by atoms with Gasteiger partial charge in [0.25, 0.3) is 5.91 Å². The van der Waals surface area contributed by atoms with E-state index in [0.29, 0.717) is 26.2 Å². The third kappa shape index (κ3) is 3.23. The fraction of sp³-hybridized carbons (Fsp3) is 0.385. The molecule has 0 unspecified atom stereocenters. The fourth-order valence-electron chi connectivity index (χ4n) is 2.06. The van der Waals surface area contributed by atoms with Crippen LogP contribution < -0.4 is 0 Å². The summed E-state index contributed by atoms with van der Waals surface area (Å²) in [7, 11) is 0. The number of nitrogens with zero attached hydrogens (tertiary/aromatic N) is 2. The summed E-state index contributed by atoms with van der Waals surface area (Å²) < 4.78 is 14.5. The number of carbonyl (C=O) groups excluding carboxylic acids is 2. The highest BCUT2D eigenvalue weighted by atomic mass is 127. The van der Waals surface area contributed by atoms with Crippen molar-refractivity contribution in [3.05, 3.63) is 33.1 Å². The molecule has 1 aliphatic rings. The zero-order chi connectivity index (χ0) is 14.0. The van der Waals surface area contributed by atoms with Gasteiger partial charge in [-0.2, -0.15) is 0 Å². The first kappa shape index (κ1) is 14.2. The highest BCUT2D eigenvalue weighted by Gasteiger charge is 2.24. The van der Waals surface area contributed by atoms with Crippen molar-refractivity contribution in [3.63, 3.8) is 0 Å². The van der Waals surface area contributed by atoms with Gasteiger partial charge < -0.3 is 9.80 Å². The Kier molecular flexibility index (Phi) is 4.38. The van der Waals surface area contributed by atoms with Crippen LogP contribution in [0.1, 0.15) is 17.3 Å². The maximum absolute atomic E-state index is 13.7. The molecule has 102 valence electrons. The Labute approximate surface area is 124 Å². The third-order valence-electron chi connectivity index (χ3n) is 3.17. The van der Waals surface area contributed by atoms with Crippen LogP contribution in [0.4, 0.5) is 4.39 Å². The highest BCUT2D eigenvalue weighted by molar-refractivity contribution is 14.1. The van der Waals surface area contributed by atoms with Gasteiger partial charge in [0, 0.05) is 36.7 Å². The van der Waals surface area contributed by atoms with Gasteiger partial charge in [0.05, 0.1) is 5.56 Å². The minimum Gasteiger partial charge on any atom is -0.339 e. The molecule has 1 heterocycles. The van der Waals surface area contributed by atoms with Crippen LogP contribution in [0.3, 0.4) is 0 Å². The molecule has 1 aromatic carbocycles. The molecule has 4 nitrogen and oxygen atoms in total. The zero-order valence-corrected chi connectivity index (χ0v) is 12.7. The zero-order valence-electron chi connectivity index (χ0n) is 10.5. The number of amides is 2. The molecule has 0 bridgehead atoms. The first-order valence-corrected chi connectivity index (χ1v) is 7.07. The molecule has 0 spiro atoms. The topological polar surface area (TPSA) is 40.6 Å². The molecule has 6 heteroatoms. The van der Waals surface area contributed by atoms with E-state index in [4.69, 9.17) is 0 Å². The van der Waals surface area contributed by atoms with Crippen molar-refractivity contribution in [1.29, 1.82) is 0 Å². The monoisotopic (exact) mass is 376 g/mol. The minimum atomic E-state index is -0.495. The summed E-state index contributed by atoms with van der Waals surface area (Å²) >= 11 is 2.00. The van der Waals surface area contributed by atoms with Crippen molar-refractivity contribution in [3.8, 4) is 0 Å². The van der Waals surface area contributed by atoms with Crippen LogP contribution in [0.25, 0.3) is 0 Å². The van der Waals surface area contributed by atoms with E-state index in [0.717, 1.165) is 3.57 Å². The van der Waals surface area contributed by atoms with Gasteiger partial charge in [0.2, 0.25) is 5.91 Å². The molecule has 2 amide bonds. The normalized spacial score (nSPS) is 15.5. The van der Waals surface area contributed by atoms with Crippen molar-refractivity contribution in [2.75, 3.05) is 26.2 Å². The Balaban J connectivity index is 2.07. The van der Waals surface area contributed by atoms with Crippen LogP contribution >= 0.6 is 22.6 Å². The fourth-order valence-corrected chi connectivity index (χ4v) is 2.51. The summed E-state index contributed by atoms with van der Waals surface area (Å²) in [6, 6.07) is 4.57. The Morgan fingerprint density at radius 1 is 1.16 bits per heavy atom. The second-order valence-electron chi connectivity index (χ2n) is 4.42. The van der Waals surface area contributed by atoms with Gasteiger partial charge in [-0.1, -0.05) is 0 Å². The van der Waals surface area contributed by atoms with Crippen molar-refractivity contribution >= 4 is 34.4 Å². The lowest BCUT2D eigenvalue weighted by molar-refractivity contribution is -0.130. The van der Waals surface area contributed by atoms with E-state index in [9.17, 15) is 14.0 Å². The second kappa shape index (κ2) is 5.85. The molecule has 0 N–H and O–H groups in total. The van der Waals surface area contributed by atoms with E-state index >= 15 is 0 Å². The molecular formula is C13H14FIN2O2. The maximum atomic E-state index is 13.7. The largest absolute Gasteiger partial charge is 0.339 e. The van der Waals surface area contributed by atoms with E-state index in [2.05, 4.69) is 0 Å². The van der Waals surface area contributed by atoms with Crippen LogP contribution in [0.5, 0.6) is 0 Å². The Bertz CT molecular complexity index is 513. The standard InChI is InChI=1S/C13H14FIN2O2/c1-9(18)16-4-6-17(7-5-16)13(19)11-3-2-10(15)8-12(11)14/h2-3,8H,4-7H2,1H3. The molecule has 0 aliphatic carbocycles. The van der Waals surface area contributed by atoms with Crippen molar-refractivity contribution < 1.29 is 14.0 Å². The predicted molar refractivity (Wildman–Crippen MR) is 77.3 cm³/mol. The first-order chi connectivity index (χ1) is 8.99. The van der Waals surface area contributed by atoms with Crippen LogP contribution in [0.2, 0.25) is 0 Å². The Morgan fingerprint density at radius 2 is 1.74 bits per heavy atom. The van der Waals surface area contributed by atoms with E-state index in [-0.39, 0.29) is 17.4 Å². The van der Waals surface area contributed by atoms with Gasteiger partial charge in [0.1, 0.15) is 5.82 Å². The number of piperazine rings is 1. The van der Waals surface area contributed by atoms with Crippen LogP contribution in [-0.2, 0) is 4.79 Å². The maximum Gasteiger partial charge on any atom is 0.256 e. The van der Waals surface area contributed by atoms with Crippen molar-refractivity contribution in [2.45, 2.75) is 6.92 Å².